The molecule has 88 valence electrons. The van der Waals surface area contributed by atoms with Crippen LogP contribution in [0.15, 0.2) is 23.4 Å². The van der Waals surface area contributed by atoms with Gasteiger partial charge in [0.15, 0.2) is 0 Å². The molecule has 0 bridgehead atoms. The number of alkyl halides is 3. The quantitative estimate of drug-likeness (QED) is 0.836. The molecular formula is C9H8F3NO2S. The van der Waals surface area contributed by atoms with Gasteiger partial charge in [-0.2, -0.15) is 13.2 Å². The molecule has 0 aliphatic heterocycles. The Morgan fingerprint density at radius 2 is 2.19 bits per heavy atom. The Balaban J connectivity index is 2.64. The van der Waals surface area contributed by atoms with Crippen molar-refractivity contribution in [1.82, 2.24) is 4.98 Å². The van der Waals surface area contributed by atoms with E-state index < -0.39 is 18.6 Å². The first kappa shape index (κ1) is 12.8. The predicted molar refractivity (Wildman–Crippen MR) is 52.6 cm³/mol. The number of nitrogens with zero attached hydrogens (tertiary/aromatic N) is 1. The Bertz CT molecular complexity index is 381. The molecule has 1 aromatic heterocycles. The molecule has 0 aliphatic carbocycles. The summed E-state index contributed by atoms with van der Waals surface area (Å²) in [7, 11) is 0. The molecule has 16 heavy (non-hydrogen) atoms. The van der Waals surface area contributed by atoms with Crippen LogP contribution in [0.25, 0.3) is 0 Å². The summed E-state index contributed by atoms with van der Waals surface area (Å²) in [6.45, 7) is 0. The van der Waals surface area contributed by atoms with E-state index in [1.807, 2.05) is 0 Å². The fourth-order valence-corrected chi connectivity index (χ4v) is 1.91. The minimum atomic E-state index is -4.23. The van der Waals surface area contributed by atoms with Crippen molar-refractivity contribution >= 4 is 17.7 Å². The third kappa shape index (κ3) is 4.09. The molecule has 0 saturated heterocycles. The van der Waals surface area contributed by atoms with E-state index in [9.17, 15) is 18.0 Å². The molecule has 1 N–H and O–H groups in total. The van der Waals surface area contributed by atoms with Crippen molar-refractivity contribution in [3.63, 3.8) is 0 Å². The fourth-order valence-electron chi connectivity index (χ4n) is 0.932. The van der Waals surface area contributed by atoms with E-state index >= 15 is 0 Å². The van der Waals surface area contributed by atoms with Gasteiger partial charge in [-0.3, -0.25) is 0 Å². The van der Waals surface area contributed by atoms with E-state index in [-0.39, 0.29) is 16.3 Å². The van der Waals surface area contributed by atoms with Crippen LogP contribution in [0, 0.1) is 0 Å². The van der Waals surface area contributed by atoms with Gasteiger partial charge in [0.2, 0.25) is 0 Å². The topological polar surface area (TPSA) is 50.2 Å². The lowest BCUT2D eigenvalue weighted by Gasteiger charge is -2.06. The largest absolute Gasteiger partial charge is 0.478 e. The van der Waals surface area contributed by atoms with Crippen LogP contribution in [0.3, 0.4) is 0 Å². The van der Waals surface area contributed by atoms with Crippen LogP contribution in [0.1, 0.15) is 16.8 Å². The predicted octanol–water partition coefficient (Wildman–Crippen LogP) is 2.82. The third-order valence-electron chi connectivity index (χ3n) is 1.63. The van der Waals surface area contributed by atoms with Gasteiger partial charge in [0.1, 0.15) is 5.03 Å². The third-order valence-corrected chi connectivity index (χ3v) is 2.63. The second-order valence-corrected chi connectivity index (χ2v) is 3.96. The van der Waals surface area contributed by atoms with Gasteiger partial charge in [-0.25, -0.2) is 9.78 Å². The summed E-state index contributed by atoms with van der Waals surface area (Å²) in [6.07, 6.45) is -3.85. The molecule has 0 aliphatic rings. The van der Waals surface area contributed by atoms with Gasteiger partial charge in [-0.05, 0) is 12.1 Å². The van der Waals surface area contributed by atoms with E-state index in [2.05, 4.69) is 4.98 Å². The summed E-state index contributed by atoms with van der Waals surface area (Å²) in [6, 6.07) is 2.74. The number of carboxylic acids is 1. The first-order chi connectivity index (χ1) is 7.40. The zero-order valence-electron chi connectivity index (χ0n) is 7.99. The molecular weight excluding hydrogens is 243 g/mol. The molecule has 1 rings (SSSR count). The van der Waals surface area contributed by atoms with Crippen LogP contribution in [0.4, 0.5) is 13.2 Å². The summed E-state index contributed by atoms with van der Waals surface area (Å²) in [5.41, 5.74) is -0.0744. The Kier molecular flexibility index (Phi) is 4.17. The molecule has 0 atom stereocenters. The van der Waals surface area contributed by atoms with Gasteiger partial charge in [-0.15, -0.1) is 11.8 Å². The van der Waals surface area contributed by atoms with Crippen molar-refractivity contribution in [2.75, 3.05) is 5.75 Å². The van der Waals surface area contributed by atoms with Crippen LogP contribution in [-0.2, 0) is 0 Å². The second-order valence-electron chi connectivity index (χ2n) is 2.87. The van der Waals surface area contributed by atoms with E-state index in [0.29, 0.717) is 0 Å². The molecule has 0 spiro atoms. The monoisotopic (exact) mass is 251 g/mol. The lowest BCUT2D eigenvalue weighted by atomic mass is 10.3. The molecule has 7 heteroatoms. The number of aromatic nitrogens is 1. The molecule has 3 nitrogen and oxygen atoms in total. The van der Waals surface area contributed by atoms with Gasteiger partial charge in [0.05, 0.1) is 12.0 Å². The number of hydrogen-bond donors (Lipinski definition) is 1. The molecule has 0 saturated carbocycles. The number of halogens is 3. The Morgan fingerprint density at radius 3 is 2.75 bits per heavy atom. The number of aromatic carboxylic acids is 1. The van der Waals surface area contributed by atoms with Crippen LogP contribution in [0.2, 0.25) is 0 Å². The highest BCUT2D eigenvalue weighted by atomic mass is 32.2. The maximum absolute atomic E-state index is 11.9. The van der Waals surface area contributed by atoms with Crippen LogP contribution in [0.5, 0.6) is 0 Å². The van der Waals surface area contributed by atoms with Gasteiger partial charge in [0.25, 0.3) is 0 Å². The van der Waals surface area contributed by atoms with Gasteiger partial charge < -0.3 is 5.11 Å². The molecule has 0 unspecified atom stereocenters. The van der Waals surface area contributed by atoms with E-state index in [4.69, 9.17) is 5.11 Å². The highest BCUT2D eigenvalue weighted by Gasteiger charge is 2.26. The van der Waals surface area contributed by atoms with Gasteiger partial charge in [-0.1, -0.05) is 0 Å². The number of pyridine rings is 1. The lowest BCUT2D eigenvalue weighted by Crippen LogP contribution is -2.08. The summed E-state index contributed by atoms with van der Waals surface area (Å²) < 4.78 is 35.6. The normalized spacial score (nSPS) is 11.4. The summed E-state index contributed by atoms with van der Waals surface area (Å²) >= 11 is 0.790. The first-order valence-corrected chi connectivity index (χ1v) is 5.26. The molecule has 0 aromatic carbocycles. The Hall–Kier alpha value is -1.24. The minimum absolute atomic E-state index is 0.0744. The highest BCUT2D eigenvalue weighted by Crippen LogP contribution is 2.26. The molecule has 1 heterocycles. The van der Waals surface area contributed by atoms with E-state index in [1.54, 1.807) is 0 Å². The van der Waals surface area contributed by atoms with Crippen molar-refractivity contribution in [2.45, 2.75) is 17.6 Å². The SMILES string of the molecule is O=C(O)c1cccnc1SCCC(F)(F)F. The molecule has 0 fully saturated rings. The number of hydrogen-bond acceptors (Lipinski definition) is 3. The van der Waals surface area contributed by atoms with Crippen LogP contribution < -0.4 is 0 Å². The molecule has 0 amide bonds. The van der Waals surface area contributed by atoms with Crippen LogP contribution in [-0.4, -0.2) is 28.0 Å². The zero-order chi connectivity index (χ0) is 12.2. The first-order valence-electron chi connectivity index (χ1n) is 4.28. The van der Waals surface area contributed by atoms with Gasteiger partial charge >= 0.3 is 12.1 Å². The Labute approximate surface area is 93.7 Å². The van der Waals surface area contributed by atoms with E-state index in [1.165, 1.54) is 18.3 Å². The standard InChI is InChI=1S/C9H8F3NO2S/c10-9(11,12)3-5-16-7-6(8(14)15)2-1-4-13-7/h1-2,4H,3,5H2,(H,14,15). The van der Waals surface area contributed by atoms with Crippen molar-refractivity contribution in [3.05, 3.63) is 23.9 Å². The zero-order valence-corrected chi connectivity index (χ0v) is 8.81. The fraction of sp³-hybridized carbons (Fsp3) is 0.333. The minimum Gasteiger partial charge on any atom is -0.478 e. The van der Waals surface area contributed by atoms with Crippen LogP contribution >= 0.6 is 11.8 Å². The smallest absolute Gasteiger partial charge is 0.389 e. The number of rotatable bonds is 4. The maximum atomic E-state index is 11.9. The number of carboxylic acid groups (broad SMARTS) is 1. The van der Waals surface area contributed by atoms with Crippen molar-refractivity contribution in [3.8, 4) is 0 Å². The highest BCUT2D eigenvalue weighted by molar-refractivity contribution is 7.99. The lowest BCUT2D eigenvalue weighted by molar-refractivity contribution is -0.129. The van der Waals surface area contributed by atoms with Crippen molar-refractivity contribution in [1.29, 1.82) is 0 Å². The maximum Gasteiger partial charge on any atom is 0.389 e. The second kappa shape index (κ2) is 5.20. The van der Waals surface area contributed by atoms with Crippen molar-refractivity contribution in [2.24, 2.45) is 0 Å². The molecule has 0 radical (unpaired) electrons. The summed E-state index contributed by atoms with van der Waals surface area (Å²) in [5.74, 6) is -1.43. The summed E-state index contributed by atoms with van der Waals surface area (Å²) in [5, 5.41) is 8.86. The van der Waals surface area contributed by atoms with E-state index in [0.717, 1.165) is 11.8 Å². The molecule has 1 aromatic rings. The average Bonchev–Trinajstić information content (AvgIpc) is 2.16. The number of thioether (sulfide) groups is 1. The average molecular weight is 251 g/mol. The van der Waals surface area contributed by atoms with Crippen molar-refractivity contribution < 1.29 is 23.1 Å². The number of carbonyl (C=O) groups is 1. The van der Waals surface area contributed by atoms with Gasteiger partial charge in [0, 0.05) is 11.9 Å². The Morgan fingerprint density at radius 1 is 1.50 bits per heavy atom. The summed E-state index contributed by atoms with van der Waals surface area (Å²) in [4.78, 5) is 14.4.